The topological polar surface area (TPSA) is 178 Å². The van der Waals surface area contributed by atoms with Gasteiger partial charge in [-0.2, -0.15) is 0 Å². The molecule has 1 aromatic heterocycles. The molecule has 14 heteroatoms. The highest BCUT2D eigenvalue weighted by molar-refractivity contribution is 6.00. The average Bonchev–Trinajstić information content (AvgIpc) is 3.07. The molecule has 1 N–H and O–H groups in total. The van der Waals surface area contributed by atoms with Crippen molar-refractivity contribution in [1.82, 2.24) is 14.9 Å². The molecular formula is C19H25N5O9. The number of hydrogen-bond acceptors (Lipinski definition) is 11. The number of aromatic nitrogens is 2. The highest BCUT2D eigenvalue weighted by atomic mass is 16.9. The molecule has 0 radical (unpaired) electrons. The zero-order chi connectivity index (χ0) is 24.9. The van der Waals surface area contributed by atoms with Crippen molar-refractivity contribution in [3.63, 3.8) is 0 Å². The molecule has 0 fully saturated rings. The number of nitrogens with one attached hydrogen (secondary N) is 1. The van der Waals surface area contributed by atoms with Crippen LogP contribution in [0.1, 0.15) is 45.7 Å². The smallest absolute Gasteiger partial charge is 0.385 e. The zero-order valence-corrected chi connectivity index (χ0v) is 18.8. The quantitative estimate of drug-likeness (QED) is 0.229. The highest BCUT2D eigenvalue weighted by Crippen LogP contribution is 2.42. The van der Waals surface area contributed by atoms with Crippen LogP contribution in [-0.4, -0.2) is 50.8 Å². The molecule has 1 aromatic rings. The SMILES string of the molecule is CC1=C(C(=O)OCCCO[N+](=O)[O-])C(c2c([N+](=O)[O-])ncn2C)C(C(=O)OC(C)C)=C(C)N1. The molecule has 0 bridgehead atoms. The van der Waals surface area contributed by atoms with E-state index in [1.165, 1.54) is 17.9 Å². The summed E-state index contributed by atoms with van der Waals surface area (Å²) in [5.74, 6) is -3.34. The van der Waals surface area contributed by atoms with Gasteiger partial charge in [0.05, 0.1) is 36.4 Å². The van der Waals surface area contributed by atoms with E-state index >= 15 is 0 Å². The van der Waals surface area contributed by atoms with E-state index in [4.69, 9.17) is 9.47 Å². The van der Waals surface area contributed by atoms with Crippen LogP contribution in [-0.2, 0) is 30.9 Å². The van der Waals surface area contributed by atoms with Crippen LogP contribution >= 0.6 is 0 Å². The van der Waals surface area contributed by atoms with Gasteiger partial charge in [0.15, 0.2) is 0 Å². The van der Waals surface area contributed by atoms with Crippen molar-refractivity contribution in [2.75, 3.05) is 13.2 Å². The van der Waals surface area contributed by atoms with Crippen LogP contribution in [0.2, 0.25) is 0 Å². The molecule has 1 atom stereocenters. The number of ether oxygens (including phenoxy) is 2. The third kappa shape index (κ3) is 5.84. The zero-order valence-electron chi connectivity index (χ0n) is 18.8. The van der Waals surface area contributed by atoms with E-state index in [1.54, 1.807) is 27.7 Å². The van der Waals surface area contributed by atoms with Crippen LogP contribution in [0.3, 0.4) is 0 Å². The number of esters is 2. The van der Waals surface area contributed by atoms with Gasteiger partial charge in [0.2, 0.25) is 6.33 Å². The second kappa shape index (κ2) is 10.6. The van der Waals surface area contributed by atoms with Crippen LogP contribution in [0.15, 0.2) is 28.9 Å². The summed E-state index contributed by atoms with van der Waals surface area (Å²) in [6.07, 6.45) is 0.771. The van der Waals surface area contributed by atoms with E-state index in [0.717, 1.165) is 0 Å². The first-order chi connectivity index (χ1) is 15.5. The third-order valence-corrected chi connectivity index (χ3v) is 4.67. The van der Waals surface area contributed by atoms with Crippen LogP contribution in [0, 0.1) is 20.2 Å². The van der Waals surface area contributed by atoms with Crippen molar-refractivity contribution in [3.8, 4) is 0 Å². The molecule has 1 aliphatic heterocycles. The third-order valence-electron chi connectivity index (χ3n) is 4.67. The molecule has 0 amide bonds. The maximum absolute atomic E-state index is 13.0. The van der Waals surface area contributed by atoms with Crippen molar-refractivity contribution in [2.45, 2.75) is 46.1 Å². The van der Waals surface area contributed by atoms with E-state index in [2.05, 4.69) is 15.1 Å². The van der Waals surface area contributed by atoms with E-state index in [9.17, 15) is 29.8 Å². The van der Waals surface area contributed by atoms with E-state index in [0.29, 0.717) is 11.4 Å². The Morgan fingerprint density at radius 3 is 2.30 bits per heavy atom. The lowest BCUT2D eigenvalue weighted by Gasteiger charge is -2.30. The Hall–Kier alpha value is -3.97. The van der Waals surface area contributed by atoms with Crippen molar-refractivity contribution >= 4 is 17.8 Å². The fourth-order valence-electron chi connectivity index (χ4n) is 3.43. The summed E-state index contributed by atoms with van der Waals surface area (Å²) in [6, 6.07) is 0. The number of nitrogens with zero attached hydrogens (tertiary/aromatic N) is 4. The van der Waals surface area contributed by atoms with Gasteiger partial charge >= 0.3 is 17.8 Å². The Labute approximate surface area is 188 Å². The predicted molar refractivity (Wildman–Crippen MR) is 111 cm³/mol. The normalized spacial score (nSPS) is 15.9. The minimum atomic E-state index is -1.20. The summed E-state index contributed by atoms with van der Waals surface area (Å²) >= 11 is 0. The summed E-state index contributed by atoms with van der Waals surface area (Å²) < 4.78 is 11.9. The summed E-state index contributed by atoms with van der Waals surface area (Å²) in [4.78, 5) is 55.2. The lowest BCUT2D eigenvalue weighted by atomic mass is 9.82. The van der Waals surface area contributed by atoms with Gasteiger partial charge in [0, 0.05) is 24.9 Å². The van der Waals surface area contributed by atoms with Gasteiger partial charge in [0.1, 0.15) is 5.69 Å². The molecule has 0 saturated heterocycles. The molecule has 0 spiro atoms. The standard InChI is InChI=1S/C19H25N5O9/c1-10(2)33-19(26)14-12(4)21-11(3)13(18(25)31-7-6-8-32-24(29)30)15(14)16-17(23(27)28)20-9-22(16)5/h9-10,15,21H,6-8H2,1-5H3. The Kier molecular flexibility index (Phi) is 8.10. The Bertz CT molecular complexity index is 1020. The van der Waals surface area contributed by atoms with Crippen molar-refractivity contribution in [1.29, 1.82) is 0 Å². The maximum atomic E-state index is 13.0. The molecule has 0 aromatic carbocycles. The van der Waals surface area contributed by atoms with Gasteiger partial charge in [-0.3, -0.25) is 0 Å². The van der Waals surface area contributed by atoms with Gasteiger partial charge in [-0.05, 0) is 37.6 Å². The first kappa shape index (κ1) is 25.3. The molecule has 2 heterocycles. The van der Waals surface area contributed by atoms with Gasteiger partial charge < -0.3 is 34.3 Å². The number of carbonyl (C=O) groups is 2. The highest BCUT2D eigenvalue weighted by Gasteiger charge is 2.43. The molecule has 14 nitrogen and oxygen atoms in total. The lowest BCUT2D eigenvalue weighted by molar-refractivity contribution is -0.757. The monoisotopic (exact) mass is 467 g/mol. The molecule has 33 heavy (non-hydrogen) atoms. The average molecular weight is 467 g/mol. The first-order valence-electron chi connectivity index (χ1n) is 9.95. The van der Waals surface area contributed by atoms with E-state index in [-0.39, 0.29) is 36.5 Å². The second-order valence-electron chi connectivity index (χ2n) is 7.46. The van der Waals surface area contributed by atoms with Crippen LogP contribution < -0.4 is 5.32 Å². The molecule has 0 saturated carbocycles. The number of carbonyl (C=O) groups excluding carboxylic acids is 2. The fourth-order valence-corrected chi connectivity index (χ4v) is 3.43. The second-order valence-corrected chi connectivity index (χ2v) is 7.46. The molecule has 180 valence electrons. The minimum Gasteiger partial charge on any atom is -0.462 e. The minimum absolute atomic E-state index is 0.000425. The summed E-state index contributed by atoms with van der Waals surface area (Å²) in [5.41, 5.74) is 0.637. The number of hydrogen-bond donors (Lipinski definition) is 1. The predicted octanol–water partition coefficient (Wildman–Crippen LogP) is 1.66. The summed E-state index contributed by atoms with van der Waals surface area (Å²) in [6.45, 7) is 5.96. The Morgan fingerprint density at radius 1 is 1.15 bits per heavy atom. The summed E-state index contributed by atoms with van der Waals surface area (Å²) in [7, 11) is 1.51. The van der Waals surface area contributed by atoms with E-state index < -0.39 is 39.8 Å². The van der Waals surface area contributed by atoms with Gasteiger partial charge in [0.25, 0.3) is 5.09 Å². The fraction of sp³-hybridized carbons (Fsp3) is 0.526. The molecule has 2 rings (SSSR count). The molecule has 1 unspecified atom stereocenters. The number of nitro groups is 1. The number of imidazole rings is 1. The number of rotatable bonds is 10. The number of aryl methyl sites for hydroxylation is 1. The molecular weight excluding hydrogens is 442 g/mol. The Morgan fingerprint density at radius 2 is 1.76 bits per heavy atom. The van der Waals surface area contributed by atoms with E-state index in [1.807, 2.05) is 0 Å². The molecule has 1 aliphatic rings. The van der Waals surface area contributed by atoms with Crippen LogP contribution in [0.5, 0.6) is 0 Å². The largest absolute Gasteiger partial charge is 0.462 e. The maximum Gasteiger partial charge on any atom is 0.385 e. The van der Waals surface area contributed by atoms with Crippen molar-refractivity contribution in [2.24, 2.45) is 7.05 Å². The number of allylic oxidation sites excluding steroid dienone is 2. The van der Waals surface area contributed by atoms with Crippen molar-refractivity contribution < 1.29 is 33.9 Å². The molecule has 0 aliphatic carbocycles. The lowest BCUT2D eigenvalue weighted by Crippen LogP contribution is -2.34. The van der Waals surface area contributed by atoms with Gasteiger partial charge in [-0.25, -0.2) is 9.59 Å². The number of dihydropyridines is 1. The summed E-state index contributed by atoms with van der Waals surface area (Å²) in [5, 5.41) is 23.9. The van der Waals surface area contributed by atoms with Gasteiger partial charge in [-0.15, -0.1) is 10.1 Å². The van der Waals surface area contributed by atoms with Crippen LogP contribution in [0.4, 0.5) is 5.82 Å². The van der Waals surface area contributed by atoms with Crippen molar-refractivity contribution in [3.05, 3.63) is 54.8 Å². The Balaban J connectivity index is 2.51. The van der Waals surface area contributed by atoms with Crippen LogP contribution in [0.25, 0.3) is 0 Å². The first-order valence-corrected chi connectivity index (χ1v) is 9.95. The van der Waals surface area contributed by atoms with Gasteiger partial charge in [-0.1, -0.05) is 0 Å².